The summed E-state index contributed by atoms with van der Waals surface area (Å²) in [5, 5.41) is 3.32. The molecular weight excluding hydrogens is 200 g/mol. The fraction of sp³-hybridized carbons (Fsp3) is 0.538. The molecule has 0 heterocycles. The van der Waals surface area contributed by atoms with Gasteiger partial charge in [-0.2, -0.15) is 0 Å². The molecule has 0 aliphatic carbocycles. The van der Waals surface area contributed by atoms with Crippen LogP contribution in [0.25, 0.3) is 0 Å². The maximum absolute atomic E-state index is 6.00. The van der Waals surface area contributed by atoms with Crippen LogP contribution in [-0.2, 0) is 0 Å². The lowest BCUT2D eigenvalue weighted by Crippen LogP contribution is -2.28. The van der Waals surface area contributed by atoms with E-state index in [0.29, 0.717) is 0 Å². The molecule has 16 heavy (non-hydrogen) atoms. The minimum Gasteiger partial charge on any atom is -0.495 e. The third kappa shape index (κ3) is 4.11. The maximum Gasteiger partial charge on any atom is 0.141 e. The van der Waals surface area contributed by atoms with Gasteiger partial charge >= 0.3 is 0 Å². The summed E-state index contributed by atoms with van der Waals surface area (Å²) < 4.78 is 5.26. The van der Waals surface area contributed by atoms with Crippen LogP contribution >= 0.6 is 0 Å². The Bertz CT molecular complexity index is 302. The Morgan fingerprint density at radius 3 is 2.81 bits per heavy atom. The van der Waals surface area contributed by atoms with Crippen LogP contribution in [-0.4, -0.2) is 19.7 Å². The van der Waals surface area contributed by atoms with Crippen LogP contribution in [0.4, 0.5) is 5.69 Å². The molecular formula is C13H22N2O. The molecule has 0 fully saturated rings. The average Bonchev–Trinajstić information content (AvgIpc) is 2.34. The van der Waals surface area contributed by atoms with Crippen molar-refractivity contribution in [2.24, 2.45) is 5.73 Å². The first-order valence-electron chi connectivity index (χ1n) is 5.90. The van der Waals surface area contributed by atoms with Gasteiger partial charge in [-0.1, -0.05) is 31.9 Å². The molecule has 3 heteroatoms. The van der Waals surface area contributed by atoms with E-state index in [0.717, 1.165) is 24.4 Å². The highest BCUT2D eigenvalue weighted by Gasteiger charge is 2.04. The second-order valence-corrected chi connectivity index (χ2v) is 3.98. The standard InChI is InChI=1S/C13H22N2O/c1-3-4-7-11(14)10-15-12-8-5-6-9-13(12)16-2/h5-6,8-9,11,15H,3-4,7,10,14H2,1-2H3. The zero-order chi connectivity index (χ0) is 11.8. The predicted octanol–water partition coefficient (Wildman–Crippen LogP) is 2.62. The van der Waals surface area contributed by atoms with E-state index in [1.165, 1.54) is 12.8 Å². The summed E-state index contributed by atoms with van der Waals surface area (Å²) in [6.07, 6.45) is 3.45. The van der Waals surface area contributed by atoms with Crippen molar-refractivity contribution in [3.63, 3.8) is 0 Å². The van der Waals surface area contributed by atoms with Crippen LogP contribution < -0.4 is 15.8 Å². The summed E-state index contributed by atoms with van der Waals surface area (Å²) in [7, 11) is 1.68. The Morgan fingerprint density at radius 2 is 2.12 bits per heavy atom. The first-order valence-corrected chi connectivity index (χ1v) is 5.90. The molecule has 0 amide bonds. The lowest BCUT2D eigenvalue weighted by Gasteiger charge is -2.15. The summed E-state index contributed by atoms with van der Waals surface area (Å²) >= 11 is 0. The molecule has 0 saturated heterocycles. The molecule has 1 atom stereocenters. The second kappa shape index (κ2) is 7.12. The molecule has 0 saturated carbocycles. The summed E-state index contributed by atoms with van der Waals surface area (Å²) in [6, 6.07) is 8.11. The number of methoxy groups -OCH3 is 1. The largest absolute Gasteiger partial charge is 0.495 e. The number of hydrogen-bond donors (Lipinski definition) is 2. The van der Waals surface area contributed by atoms with Gasteiger partial charge in [0.05, 0.1) is 12.8 Å². The minimum absolute atomic E-state index is 0.213. The van der Waals surface area contributed by atoms with Crippen LogP contribution in [0, 0.1) is 0 Å². The molecule has 0 aliphatic rings. The topological polar surface area (TPSA) is 47.3 Å². The SMILES string of the molecule is CCCCC(N)CNc1ccccc1OC. The highest BCUT2D eigenvalue weighted by atomic mass is 16.5. The van der Waals surface area contributed by atoms with Crippen molar-refractivity contribution in [3.05, 3.63) is 24.3 Å². The molecule has 3 nitrogen and oxygen atoms in total. The van der Waals surface area contributed by atoms with Crippen molar-refractivity contribution in [1.29, 1.82) is 0 Å². The summed E-state index contributed by atoms with van der Waals surface area (Å²) in [5.41, 5.74) is 7.01. The second-order valence-electron chi connectivity index (χ2n) is 3.98. The number of benzene rings is 1. The number of ether oxygens (including phenoxy) is 1. The Labute approximate surface area is 98.0 Å². The first kappa shape index (κ1) is 12.8. The van der Waals surface area contributed by atoms with Crippen molar-refractivity contribution in [3.8, 4) is 5.75 Å². The molecule has 0 radical (unpaired) electrons. The molecule has 1 aromatic carbocycles. The van der Waals surface area contributed by atoms with Gasteiger partial charge in [0, 0.05) is 12.6 Å². The van der Waals surface area contributed by atoms with E-state index in [1.54, 1.807) is 7.11 Å². The normalized spacial score (nSPS) is 12.2. The lowest BCUT2D eigenvalue weighted by molar-refractivity contribution is 0.416. The first-order chi connectivity index (χ1) is 7.77. The van der Waals surface area contributed by atoms with Crippen molar-refractivity contribution in [2.75, 3.05) is 19.0 Å². The van der Waals surface area contributed by atoms with Gasteiger partial charge in [0.2, 0.25) is 0 Å². The van der Waals surface area contributed by atoms with E-state index >= 15 is 0 Å². The quantitative estimate of drug-likeness (QED) is 0.745. The van der Waals surface area contributed by atoms with E-state index in [1.807, 2.05) is 24.3 Å². The van der Waals surface area contributed by atoms with E-state index in [9.17, 15) is 0 Å². The zero-order valence-electron chi connectivity index (χ0n) is 10.2. The molecule has 0 aromatic heterocycles. The summed E-state index contributed by atoms with van der Waals surface area (Å²) in [6.45, 7) is 2.97. The van der Waals surface area contributed by atoms with Gasteiger partial charge in [0.15, 0.2) is 0 Å². The molecule has 0 spiro atoms. The lowest BCUT2D eigenvalue weighted by atomic mass is 10.1. The van der Waals surface area contributed by atoms with Crippen LogP contribution in [0.15, 0.2) is 24.3 Å². The Morgan fingerprint density at radius 1 is 1.38 bits per heavy atom. The van der Waals surface area contributed by atoms with Crippen LogP contribution in [0.2, 0.25) is 0 Å². The van der Waals surface area contributed by atoms with Gasteiger partial charge in [0.25, 0.3) is 0 Å². The number of nitrogens with one attached hydrogen (secondary N) is 1. The summed E-state index contributed by atoms with van der Waals surface area (Å²) in [5.74, 6) is 0.866. The van der Waals surface area contributed by atoms with Crippen LogP contribution in [0.1, 0.15) is 26.2 Å². The Hall–Kier alpha value is -1.22. The summed E-state index contributed by atoms with van der Waals surface area (Å²) in [4.78, 5) is 0. The fourth-order valence-corrected chi connectivity index (χ4v) is 1.60. The Kier molecular flexibility index (Phi) is 5.72. The fourth-order valence-electron chi connectivity index (χ4n) is 1.60. The van der Waals surface area contributed by atoms with Gasteiger partial charge in [-0.15, -0.1) is 0 Å². The van der Waals surface area contributed by atoms with E-state index in [-0.39, 0.29) is 6.04 Å². The van der Waals surface area contributed by atoms with Crippen molar-refractivity contribution in [2.45, 2.75) is 32.2 Å². The Balaban J connectivity index is 2.41. The van der Waals surface area contributed by atoms with Gasteiger partial charge in [-0.25, -0.2) is 0 Å². The highest BCUT2D eigenvalue weighted by Crippen LogP contribution is 2.22. The average molecular weight is 222 g/mol. The van der Waals surface area contributed by atoms with Crippen molar-refractivity contribution in [1.82, 2.24) is 0 Å². The highest BCUT2D eigenvalue weighted by molar-refractivity contribution is 5.56. The van der Waals surface area contributed by atoms with Crippen molar-refractivity contribution >= 4 is 5.69 Å². The molecule has 0 aliphatic heterocycles. The van der Waals surface area contributed by atoms with E-state index in [2.05, 4.69) is 12.2 Å². The van der Waals surface area contributed by atoms with Gasteiger partial charge in [-0.05, 0) is 18.6 Å². The smallest absolute Gasteiger partial charge is 0.141 e. The maximum atomic E-state index is 6.00. The van der Waals surface area contributed by atoms with Gasteiger partial charge in [0.1, 0.15) is 5.75 Å². The minimum atomic E-state index is 0.213. The third-order valence-corrected chi connectivity index (χ3v) is 2.59. The molecule has 1 aromatic rings. The molecule has 1 unspecified atom stereocenters. The van der Waals surface area contributed by atoms with E-state index < -0.39 is 0 Å². The number of para-hydroxylation sites is 2. The number of hydrogen-bond acceptors (Lipinski definition) is 3. The molecule has 1 rings (SSSR count). The monoisotopic (exact) mass is 222 g/mol. The number of anilines is 1. The molecule has 0 bridgehead atoms. The zero-order valence-corrected chi connectivity index (χ0v) is 10.2. The van der Waals surface area contributed by atoms with Crippen molar-refractivity contribution < 1.29 is 4.74 Å². The molecule has 3 N–H and O–H groups in total. The van der Waals surface area contributed by atoms with Crippen LogP contribution in [0.5, 0.6) is 5.75 Å². The van der Waals surface area contributed by atoms with Gasteiger partial charge < -0.3 is 15.8 Å². The number of rotatable bonds is 7. The van der Waals surface area contributed by atoms with Gasteiger partial charge in [-0.3, -0.25) is 0 Å². The van der Waals surface area contributed by atoms with E-state index in [4.69, 9.17) is 10.5 Å². The number of nitrogens with two attached hydrogens (primary N) is 1. The number of unbranched alkanes of at least 4 members (excludes halogenated alkanes) is 1. The third-order valence-electron chi connectivity index (χ3n) is 2.59. The van der Waals surface area contributed by atoms with Crippen LogP contribution in [0.3, 0.4) is 0 Å². The predicted molar refractivity (Wildman–Crippen MR) is 69.0 cm³/mol. The molecule has 90 valence electrons.